The van der Waals surface area contributed by atoms with Gasteiger partial charge in [-0.1, -0.05) is 6.07 Å². The number of carboxylic acids is 1. The average molecular weight is 253 g/mol. The molecule has 0 amide bonds. The summed E-state index contributed by atoms with van der Waals surface area (Å²) < 4.78 is 13.9. The van der Waals surface area contributed by atoms with Crippen LogP contribution in [0.5, 0.6) is 0 Å². The molecule has 0 spiro atoms. The molecule has 1 saturated heterocycles. The first-order chi connectivity index (χ1) is 8.41. The van der Waals surface area contributed by atoms with Gasteiger partial charge in [0.15, 0.2) is 0 Å². The number of hydrogen-bond acceptors (Lipinski definition) is 3. The van der Waals surface area contributed by atoms with Crippen LogP contribution in [-0.2, 0) is 0 Å². The second kappa shape index (κ2) is 4.57. The highest BCUT2D eigenvalue weighted by Crippen LogP contribution is 2.30. The third kappa shape index (κ3) is 2.46. The molecule has 2 rings (SSSR count). The van der Waals surface area contributed by atoms with Crippen LogP contribution in [0.3, 0.4) is 0 Å². The van der Waals surface area contributed by atoms with Crippen LogP contribution in [0.2, 0.25) is 0 Å². The lowest BCUT2D eigenvalue weighted by Gasteiger charge is -2.38. The molecule has 2 N–H and O–H groups in total. The van der Waals surface area contributed by atoms with E-state index in [0.29, 0.717) is 19.4 Å². The fourth-order valence-electron chi connectivity index (χ4n) is 2.42. The van der Waals surface area contributed by atoms with Crippen molar-refractivity contribution in [3.63, 3.8) is 0 Å². The molecule has 1 heterocycles. The van der Waals surface area contributed by atoms with E-state index in [1.54, 1.807) is 11.8 Å². The zero-order valence-electron chi connectivity index (χ0n) is 10.2. The molecular formula is C13H16FNO3. The van der Waals surface area contributed by atoms with E-state index < -0.39 is 17.4 Å². The Kier molecular flexibility index (Phi) is 3.26. The van der Waals surface area contributed by atoms with Crippen molar-refractivity contribution in [2.45, 2.75) is 25.4 Å². The van der Waals surface area contributed by atoms with Crippen LogP contribution in [0.25, 0.3) is 0 Å². The van der Waals surface area contributed by atoms with E-state index in [2.05, 4.69) is 0 Å². The first kappa shape index (κ1) is 12.8. The van der Waals surface area contributed by atoms with E-state index in [0.717, 1.165) is 0 Å². The number of anilines is 1. The monoisotopic (exact) mass is 253 g/mol. The molecule has 4 nitrogen and oxygen atoms in total. The topological polar surface area (TPSA) is 60.8 Å². The van der Waals surface area contributed by atoms with Gasteiger partial charge in [0.1, 0.15) is 5.82 Å². The Morgan fingerprint density at radius 3 is 2.83 bits per heavy atom. The van der Waals surface area contributed by atoms with Gasteiger partial charge in [0, 0.05) is 13.1 Å². The minimum Gasteiger partial charge on any atom is -0.478 e. The number of piperidine rings is 1. The number of benzene rings is 1. The van der Waals surface area contributed by atoms with Crippen LogP contribution in [0.15, 0.2) is 18.2 Å². The van der Waals surface area contributed by atoms with Gasteiger partial charge in [-0.2, -0.15) is 0 Å². The maximum absolute atomic E-state index is 13.9. The molecule has 0 aliphatic carbocycles. The molecule has 1 aromatic carbocycles. The first-order valence-electron chi connectivity index (χ1n) is 5.90. The van der Waals surface area contributed by atoms with Crippen LogP contribution in [0, 0.1) is 5.82 Å². The van der Waals surface area contributed by atoms with Crippen molar-refractivity contribution in [3.8, 4) is 0 Å². The molecule has 1 aliphatic heterocycles. The predicted molar refractivity (Wildman–Crippen MR) is 65.4 cm³/mol. The Morgan fingerprint density at radius 2 is 2.22 bits per heavy atom. The number of para-hydroxylation sites is 1. The third-order valence-corrected chi connectivity index (χ3v) is 3.21. The Labute approximate surface area is 105 Å². The quantitative estimate of drug-likeness (QED) is 0.844. The zero-order valence-corrected chi connectivity index (χ0v) is 10.2. The van der Waals surface area contributed by atoms with E-state index in [4.69, 9.17) is 5.11 Å². The van der Waals surface area contributed by atoms with Crippen LogP contribution >= 0.6 is 0 Å². The number of β-amino-alcohol motifs (C(OH)–C–C–N with tert-alkyl or cyclic N) is 1. The number of carboxylic acid groups (broad SMARTS) is 1. The Hall–Kier alpha value is -1.62. The number of rotatable bonds is 2. The van der Waals surface area contributed by atoms with Crippen molar-refractivity contribution in [2.24, 2.45) is 0 Å². The van der Waals surface area contributed by atoms with Gasteiger partial charge in [-0.3, -0.25) is 0 Å². The second-order valence-electron chi connectivity index (χ2n) is 4.96. The molecular weight excluding hydrogens is 237 g/mol. The highest BCUT2D eigenvalue weighted by molar-refractivity contribution is 5.94. The predicted octanol–water partition coefficient (Wildman–Crippen LogP) is 1.88. The lowest BCUT2D eigenvalue weighted by Crippen LogP contribution is -2.47. The molecule has 0 aromatic heterocycles. The van der Waals surface area contributed by atoms with Crippen molar-refractivity contribution in [1.29, 1.82) is 0 Å². The highest BCUT2D eigenvalue weighted by atomic mass is 19.1. The van der Waals surface area contributed by atoms with E-state index in [1.807, 2.05) is 0 Å². The first-order valence-corrected chi connectivity index (χ1v) is 5.90. The van der Waals surface area contributed by atoms with Gasteiger partial charge < -0.3 is 15.1 Å². The summed E-state index contributed by atoms with van der Waals surface area (Å²) >= 11 is 0. The average Bonchev–Trinajstić information content (AvgIpc) is 2.27. The summed E-state index contributed by atoms with van der Waals surface area (Å²) in [6.07, 6.45) is 1.35. The molecule has 0 radical (unpaired) electrons. The Morgan fingerprint density at radius 1 is 1.50 bits per heavy atom. The van der Waals surface area contributed by atoms with Gasteiger partial charge in [0.05, 0.1) is 16.9 Å². The molecule has 0 bridgehead atoms. The van der Waals surface area contributed by atoms with Crippen LogP contribution in [0.1, 0.15) is 30.1 Å². The van der Waals surface area contributed by atoms with E-state index >= 15 is 0 Å². The normalized spacial score (nSPS) is 24.1. The third-order valence-electron chi connectivity index (χ3n) is 3.21. The summed E-state index contributed by atoms with van der Waals surface area (Å²) in [7, 11) is 0. The molecule has 1 aromatic rings. The van der Waals surface area contributed by atoms with Crippen LogP contribution in [-0.4, -0.2) is 34.9 Å². The minimum atomic E-state index is -1.16. The highest BCUT2D eigenvalue weighted by Gasteiger charge is 2.31. The Bertz CT molecular complexity index is 473. The van der Waals surface area contributed by atoms with E-state index in [9.17, 15) is 14.3 Å². The molecule has 1 atom stereocenters. The summed E-state index contributed by atoms with van der Waals surface area (Å²) in [4.78, 5) is 12.7. The fraction of sp³-hybridized carbons (Fsp3) is 0.462. The minimum absolute atomic E-state index is 0.0623. The van der Waals surface area contributed by atoms with Crippen molar-refractivity contribution in [3.05, 3.63) is 29.6 Å². The molecule has 1 unspecified atom stereocenters. The van der Waals surface area contributed by atoms with Gasteiger partial charge in [-0.25, -0.2) is 9.18 Å². The van der Waals surface area contributed by atoms with E-state index in [1.165, 1.54) is 18.2 Å². The largest absolute Gasteiger partial charge is 0.478 e. The molecule has 5 heteroatoms. The van der Waals surface area contributed by atoms with Crippen molar-refractivity contribution in [2.75, 3.05) is 18.0 Å². The van der Waals surface area contributed by atoms with E-state index in [-0.39, 0.29) is 17.8 Å². The number of aliphatic hydroxyl groups is 1. The zero-order chi connectivity index (χ0) is 13.3. The number of carbonyl (C=O) groups is 1. The smallest absolute Gasteiger partial charge is 0.337 e. The van der Waals surface area contributed by atoms with Crippen molar-refractivity contribution in [1.82, 2.24) is 0 Å². The SMILES string of the molecule is CC1(O)CCCN(c2c(F)cccc2C(=O)O)C1. The second-order valence-corrected chi connectivity index (χ2v) is 4.96. The Balaban J connectivity index is 2.41. The lowest BCUT2D eigenvalue weighted by molar-refractivity contribution is 0.0444. The summed E-state index contributed by atoms with van der Waals surface area (Å²) in [5.41, 5.74) is -0.895. The van der Waals surface area contributed by atoms with Crippen molar-refractivity contribution < 1.29 is 19.4 Å². The maximum Gasteiger partial charge on any atom is 0.337 e. The van der Waals surface area contributed by atoms with Gasteiger partial charge in [0.2, 0.25) is 0 Å². The number of nitrogens with zero attached hydrogens (tertiary/aromatic N) is 1. The van der Waals surface area contributed by atoms with Crippen molar-refractivity contribution >= 4 is 11.7 Å². The molecule has 18 heavy (non-hydrogen) atoms. The molecule has 1 aliphatic rings. The van der Waals surface area contributed by atoms with Gasteiger partial charge >= 0.3 is 5.97 Å². The number of aromatic carboxylic acids is 1. The summed E-state index contributed by atoms with van der Waals surface area (Å²) in [6, 6.07) is 4.00. The van der Waals surface area contributed by atoms with Crippen LogP contribution < -0.4 is 4.90 Å². The lowest BCUT2D eigenvalue weighted by atomic mass is 9.94. The number of halogens is 1. The van der Waals surface area contributed by atoms with Gasteiger partial charge in [-0.05, 0) is 31.9 Å². The molecule has 1 fully saturated rings. The van der Waals surface area contributed by atoms with Gasteiger partial charge in [-0.15, -0.1) is 0 Å². The summed E-state index contributed by atoms with van der Waals surface area (Å²) in [6.45, 7) is 2.48. The number of hydrogen-bond donors (Lipinski definition) is 2. The molecule has 98 valence electrons. The van der Waals surface area contributed by atoms with Gasteiger partial charge in [0.25, 0.3) is 0 Å². The standard InChI is InChI=1S/C13H16FNO3/c1-13(18)6-3-7-15(8-13)11-9(12(16)17)4-2-5-10(11)14/h2,4-5,18H,3,6-8H2,1H3,(H,16,17). The fourth-order valence-corrected chi connectivity index (χ4v) is 2.42. The maximum atomic E-state index is 13.9. The molecule has 0 saturated carbocycles. The summed E-state index contributed by atoms with van der Waals surface area (Å²) in [5, 5.41) is 19.1. The van der Waals surface area contributed by atoms with Crippen LogP contribution in [0.4, 0.5) is 10.1 Å². The summed E-state index contributed by atoms with van der Waals surface area (Å²) in [5.74, 6) is -1.72.